The standard InChI is InChI=1S/C17H15ClN4O2/c18-12-4-3-5-13(8-12)21-17(24)9-16(23)19-10-14-11-22-7-2-1-6-15(22)20-14/h1-8,11H,9-10H2,(H,19,23)(H,21,24). The number of anilines is 1. The number of imidazole rings is 1. The van der Waals surface area contributed by atoms with Gasteiger partial charge in [-0.05, 0) is 30.3 Å². The van der Waals surface area contributed by atoms with Crippen LogP contribution in [0.3, 0.4) is 0 Å². The van der Waals surface area contributed by atoms with Gasteiger partial charge in [-0.2, -0.15) is 0 Å². The van der Waals surface area contributed by atoms with Crippen LogP contribution in [0.5, 0.6) is 0 Å². The van der Waals surface area contributed by atoms with Crippen molar-refractivity contribution in [2.75, 3.05) is 5.32 Å². The zero-order chi connectivity index (χ0) is 16.9. The van der Waals surface area contributed by atoms with Crippen LogP contribution in [0.4, 0.5) is 5.69 Å². The smallest absolute Gasteiger partial charge is 0.233 e. The molecule has 2 amide bonds. The molecule has 1 aromatic carbocycles. The quantitative estimate of drug-likeness (QED) is 0.700. The maximum Gasteiger partial charge on any atom is 0.233 e. The van der Waals surface area contributed by atoms with E-state index in [1.807, 2.05) is 35.0 Å². The van der Waals surface area contributed by atoms with Gasteiger partial charge >= 0.3 is 0 Å². The molecule has 0 spiro atoms. The highest BCUT2D eigenvalue weighted by Gasteiger charge is 2.10. The zero-order valence-electron chi connectivity index (χ0n) is 12.7. The molecule has 0 aliphatic rings. The van der Waals surface area contributed by atoms with Crippen LogP contribution < -0.4 is 10.6 Å². The van der Waals surface area contributed by atoms with Crippen LogP contribution >= 0.6 is 11.6 Å². The van der Waals surface area contributed by atoms with Crippen molar-refractivity contribution in [3.8, 4) is 0 Å². The molecule has 3 aromatic rings. The maximum atomic E-state index is 11.9. The predicted molar refractivity (Wildman–Crippen MR) is 91.7 cm³/mol. The van der Waals surface area contributed by atoms with E-state index in [0.717, 1.165) is 11.3 Å². The summed E-state index contributed by atoms with van der Waals surface area (Å²) in [7, 11) is 0. The molecule has 0 aliphatic heterocycles. The van der Waals surface area contributed by atoms with Crippen molar-refractivity contribution in [2.45, 2.75) is 13.0 Å². The van der Waals surface area contributed by atoms with E-state index in [0.29, 0.717) is 10.7 Å². The SMILES string of the molecule is O=C(CC(=O)Nc1cccc(Cl)c1)NCc1cn2ccccc2n1. The van der Waals surface area contributed by atoms with Crippen LogP contribution in [0, 0.1) is 0 Å². The number of nitrogens with zero attached hydrogens (tertiary/aromatic N) is 2. The number of hydrogen-bond donors (Lipinski definition) is 2. The number of rotatable bonds is 5. The number of benzene rings is 1. The van der Waals surface area contributed by atoms with Crippen molar-refractivity contribution < 1.29 is 9.59 Å². The fourth-order valence-corrected chi connectivity index (χ4v) is 2.43. The van der Waals surface area contributed by atoms with E-state index < -0.39 is 5.91 Å². The fourth-order valence-electron chi connectivity index (χ4n) is 2.24. The Labute approximate surface area is 143 Å². The average molecular weight is 343 g/mol. The molecule has 0 unspecified atom stereocenters. The van der Waals surface area contributed by atoms with Gasteiger partial charge in [0.05, 0.1) is 12.2 Å². The highest BCUT2D eigenvalue weighted by atomic mass is 35.5. The lowest BCUT2D eigenvalue weighted by Crippen LogP contribution is -2.27. The van der Waals surface area contributed by atoms with Gasteiger partial charge in [-0.3, -0.25) is 9.59 Å². The van der Waals surface area contributed by atoms with Gasteiger partial charge in [-0.15, -0.1) is 0 Å². The van der Waals surface area contributed by atoms with Gasteiger partial charge in [-0.25, -0.2) is 4.98 Å². The molecule has 3 rings (SSSR count). The predicted octanol–water partition coefficient (Wildman–Crippen LogP) is 2.63. The van der Waals surface area contributed by atoms with Crippen LogP contribution in [0.2, 0.25) is 5.02 Å². The Bertz CT molecular complexity index is 858. The molecule has 0 fully saturated rings. The number of fused-ring (bicyclic) bond motifs is 1. The minimum atomic E-state index is -0.398. The van der Waals surface area contributed by atoms with Crippen molar-refractivity contribution in [1.29, 1.82) is 0 Å². The number of nitrogens with one attached hydrogen (secondary N) is 2. The van der Waals surface area contributed by atoms with Crippen molar-refractivity contribution in [3.63, 3.8) is 0 Å². The molecule has 7 heteroatoms. The Hall–Kier alpha value is -2.86. The second kappa shape index (κ2) is 7.14. The summed E-state index contributed by atoms with van der Waals surface area (Å²) in [4.78, 5) is 28.1. The van der Waals surface area contributed by atoms with Gasteiger partial charge in [0.2, 0.25) is 11.8 Å². The van der Waals surface area contributed by atoms with Crippen LogP contribution in [-0.4, -0.2) is 21.2 Å². The molecule has 2 N–H and O–H groups in total. The van der Waals surface area contributed by atoms with E-state index >= 15 is 0 Å². The van der Waals surface area contributed by atoms with Crippen molar-refractivity contribution in [3.05, 3.63) is 65.6 Å². The number of halogens is 1. The molecule has 2 heterocycles. The lowest BCUT2D eigenvalue weighted by atomic mass is 10.3. The third kappa shape index (κ3) is 4.11. The first-order valence-corrected chi connectivity index (χ1v) is 7.73. The lowest BCUT2D eigenvalue weighted by molar-refractivity contribution is -0.126. The first-order valence-electron chi connectivity index (χ1n) is 7.35. The molecule has 0 radical (unpaired) electrons. The Balaban J connectivity index is 1.50. The molecular weight excluding hydrogens is 328 g/mol. The summed E-state index contributed by atoms with van der Waals surface area (Å²) in [5, 5.41) is 5.83. The van der Waals surface area contributed by atoms with E-state index in [4.69, 9.17) is 11.6 Å². The number of pyridine rings is 1. The molecular formula is C17H15ClN4O2. The van der Waals surface area contributed by atoms with E-state index in [1.54, 1.807) is 24.3 Å². The topological polar surface area (TPSA) is 75.5 Å². The van der Waals surface area contributed by atoms with Crippen molar-refractivity contribution in [2.24, 2.45) is 0 Å². The number of aromatic nitrogens is 2. The van der Waals surface area contributed by atoms with Crippen LogP contribution in [0.25, 0.3) is 5.65 Å². The molecule has 0 bridgehead atoms. The van der Waals surface area contributed by atoms with Crippen LogP contribution in [0.15, 0.2) is 54.9 Å². The first kappa shape index (κ1) is 16.0. The summed E-state index contributed by atoms with van der Waals surface area (Å²) in [5.74, 6) is -0.767. The Morgan fingerprint density at radius 1 is 1.12 bits per heavy atom. The van der Waals surface area contributed by atoms with Gasteiger partial charge in [0.1, 0.15) is 12.1 Å². The van der Waals surface area contributed by atoms with Gasteiger partial charge < -0.3 is 15.0 Å². The first-order chi connectivity index (χ1) is 11.6. The molecule has 2 aromatic heterocycles. The summed E-state index contributed by atoms with van der Waals surface area (Å²) in [5.41, 5.74) is 2.09. The van der Waals surface area contributed by atoms with Crippen molar-refractivity contribution in [1.82, 2.24) is 14.7 Å². The second-order valence-corrected chi connectivity index (χ2v) is 5.65. The van der Waals surface area contributed by atoms with Gasteiger partial charge in [0, 0.05) is 23.1 Å². The Morgan fingerprint density at radius 3 is 2.79 bits per heavy atom. The van der Waals surface area contributed by atoms with E-state index in [2.05, 4.69) is 15.6 Å². The third-order valence-electron chi connectivity index (χ3n) is 3.31. The maximum absolute atomic E-state index is 11.9. The highest BCUT2D eigenvalue weighted by Crippen LogP contribution is 2.14. The molecule has 0 aliphatic carbocycles. The molecule has 0 saturated heterocycles. The summed E-state index contributed by atoms with van der Waals surface area (Å²) in [6.07, 6.45) is 3.45. The summed E-state index contributed by atoms with van der Waals surface area (Å²) < 4.78 is 1.87. The summed E-state index contributed by atoms with van der Waals surface area (Å²) >= 11 is 5.85. The van der Waals surface area contributed by atoms with Crippen molar-refractivity contribution >= 4 is 34.7 Å². The molecule has 6 nitrogen and oxygen atoms in total. The Morgan fingerprint density at radius 2 is 2.00 bits per heavy atom. The monoisotopic (exact) mass is 342 g/mol. The zero-order valence-corrected chi connectivity index (χ0v) is 13.5. The third-order valence-corrected chi connectivity index (χ3v) is 3.55. The second-order valence-electron chi connectivity index (χ2n) is 5.21. The lowest BCUT2D eigenvalue weighted by Gasteiger charge is -2.06. The average Bonchev–Trinajstić information content (AvgIpc) is 2.95. The van der Waals surface area contributed by atoms with Gasteiger partial charge in [0.15, 0.2) is 0 Å². The van der Waals surface area contributed by atoms with Gasteiger partial charge in [-0.1, -0.05) is 23.7 Å². The number of hydrogen-bond acceptors (Lipinski definition) is 3. The fraction of sp³-hybridized carbons (Fsp3) is 0.118. The molecule has 122 valence electrons. The van der Waals surface area contributed by atoms with Gasteiger partial charge in [0.25, 0.3) is 0 Å². The number of amides is 2. The van der Waals surface area contributed by atoms with E-state index in [9.17, 15) is 9.59 Å². The minimum Gasteiger partial charge on any atom is -0.350 e. The Kier molecular flexibility index (Phi) is 4.77. The van der Waals surface area contributed by atoms with Crippen LogP contribution in [0.1, 0.15) is 12.1 Å². The molecule has 0 saturated carbocycles. The summed E-state index contributed by atoms with van der Waals surface area (Å²) in [6, 6.07) is 12.4. The largest absolute Gasteiger partial charge is 0.350 e. The highest BCUT2D eigenvalue weighted by molar-refractivity contribution is 6.30. The normalized spacial score (nSPS) is 10.5. The van der Waals surface area contributed by atoms with E-state index in [1.165, 1.54) is 0 Å². The summed E-state index contributed by atoms with van der Waals surface area (Å²) in [6.45, 7) is 0.269. The number of carbonyl (C=O) groups excluding carboxylic acids is 2. The number of carbonyl (C=O) groups is 2. The molecule has 24 heavy (non-hydrogen) atoms. The molecule has 0 atom stereocenters. The van der Waals surface area contributed by atoms with E-state index in [-0.39, 0.29) is 18.9 Å². The minimum absolute atomic E-state index is 0.264. The van der Waals surface area contributed by atoms with Crippen LogP contribution in [-0.2, 0) is 16.1 Å².